The number of likely N-dealkylation sites (N-methyl/N-ethyl adjacent to an activating group) is 2. The maximum absolute atomic E-state index is 12.1. The molecule has 5 unspecified atom stereocenters. The molecule has 5 atom stereocenters. The number of Topliss-reactive ketones (excluding diaryl/α,β-unsaturated/α-hetero) is 2. The van der Waals surface area contributed by atoms with E-state index in [1.807, 2.05) is 32.7 Å². The number of hydrogen-bond acceptors (Lipinski definition) is 10. The minimum Gasteiger partial charge on any atom is -0.549 e. The maximum Gasteiger partial charge on any atom is 1.00 e. The second-order valence-corrected chi connectivity index (χ2v) is 13.0. The first-order valence-electron chi connectivity index (χ1n) is 13.5. The number of likely N-dealkylation sites (tertiary alicyclic amines) is 2. The molecule has 4 bridgehead atoms. The number of fused-ring (bicyclic) bond motifs is 4. The maximum atomic E-state index is 12.1. The van der Waals surface area contributed by atoms with Crippen molar-refractivity contribution >= 4 is 29.7 Å². The van der Waals surface area contributed by atoms with Gasteiger partial charge in [-0.3, -0.25) is 19.4 Å². The van der Waals surface area contributed by atoms with Crippen molar-refractivity contribution in [3.8, 4) is 0 Å². The molecule has 0 radical (unpaired) electrons. The Morgan fingerprint density at radius 1 is 0.725 bits per heavy atom. The molecule has 0 N–H and O–H groups in total. The average molecular weight is 637 g/mol. The SMILES string of the molecule is CN1C2CC(=O)C(C(=O)[O-])C1CN(C(=O)OC(C)(C)C)C2.CN1C2CC(=O)CC1CN(C(=O)OC(C)(C)C)C2.[Rb+]. The number of piperidine rings is 2. The third-order valence-electron chi connectivity index (χ3n) is 7.60. The van der Waals surface area contributed by atoms with E-state index in [1.165, 1.54) is 4.90 Å². The van der Waals surface area contributed by atoms with E-state index in [0.717, 1.165) is 0 Å². The average Bonchev–Trinajstić information content (AvgIpc) is 2.73. The van der Waals surface area contributed by atoms with Gasteiger partial charge in [-0.2, -0.15) is 0 Å². The predicted molar refractivity (Wildman–Crippen MR) is 139 cm³/mol. The fourth-order valence-corrected chi connectivity index (χ4v) is 5.61. The Balaban J connectivity index is 0.000000276. The topological polar surface area (TPSA) is 140 Å². The summed E-state index contributed by atoms with van der Waals surface area (Å²) in [5, 5.41) is 11.2. The molecule has 0 saturated carbocycles. The molecule has 13 heteroatoms. The quantitative estimate of drug-likeness (QED) is 0.284. The van der Waals surface area contributed by atoms with Crippen LogP contribution in [0.2, 0.25) is 0 Å². The number of carbonyl (C=O) groups is 5. The van der Waals surface area contributed by atoms with Crippen molar-refractivity contribution < 1.29 is 96.7 Å². The first-order chi connectivity index (χ1) is 17.9. The Morgan fingerprint density at radius 2 is 1.12 bits per heavy atom. The van der Waals surface area contributed by atoms with Gasteiger partial charge in [0, 0.05) is 69.6 Å². The van der Waals surface area contributed by atoms with Crippen molar-refractivity contribution in [2.75, 3.05) is 40.3 Å². The molecule has 0 aromatic heterocycles. The van der Waals surface area contributed by atoms with Crippen molar-refractivity contribution in [1.82, 2.24) is 19.6 Å². The number of piperazine rings is 2. The number of carboxylic acids is 1. The van der Waals surface area contributed by atoms with Gasteiger partial charge in [-0.25, -0.2) is 9.59 Å². The van der Waals surface area contributed by atoms with Crippen LogP contribution in [0.5, 0.6) is 0 Å². The Hall–Kier alpha value is -0.925. The van der Waals surface area contributed by atoms with Crippen LogP contribution in [0.3, 0.4) is 0 Å². The first-order valence-corrected chi connectivity index (χ1v) is 13.5. The van der Waals surface area contributed by atoms with Gasteiger partial charge in [-0.05, 0) is 55.6 Å². The Bertz CT molecular complexity index is 976. The largest absolute Gasteiger partial charge is 1.00 e. The second kappa shape index (κ2) is 13.6. The van der Waals surface area contributed by atoms with Gasteiger partial charge in [-0.15, -0.1) is 0 Å². The van der Waals surface area contributed by atoms with Crippen molar-refractivity contribution in [2.24, 2.45) is 5.92 Å². The summed E-state index contributed by atoms with van der Waals surface area (Å²) in [5.74, 6) is -2.56. The van der Waals surface area contributed by atoms with Crippen LogP contribution in [0.4, 0.5) is 9.59 Å². The van der Waals surface area contributed by atoms with E-state index in [1.54, 1.807) is 32.7 Å². The van der Waals surface area contributed by atoms with Crippen molar-refractivity contribution in [2.45, 2.75) is 96.2 Å². The van der Waals surface area contributed by atoms with E-state index in [2.05, 4.69) is 4.90 Å². The summed E-state index contributed by atoms with van der Waals surface area (Å²) in [6.45, 7) is 12.6. The normalized spacial score (nSPS) is 29.1. The number of rotatable bonds is 1. The molecule has 4 aliphatic rings. The smallest absolute Gasteiger partial charge is 0.549 e. The zero-order valence-electron chi connectivity index (χ0n) is 25.4. The molecule has 4 aliphatic heterocycles. The van der Waals surface area contributed by atoms with E-state index >= 15 is 0 Å². The number of carboxylic acid groups (broad SMARTS) is 1. The van der Waals surface area contributed by atoms with Crippen LogP contribution in [0, 0.1) is 5.92 Å². The van der Waals surface area contributed by atoms with E-state index in [0.29, 0.717) is 38.3 Å². The third kappa shape index (κ3) is 9.04. The first kappa shape index (κ1) is 35.3. The van der Waals surface area contributed by atoms with Crippen LogP contribution in [0.25, 0.3) is 0 Å². The van der Waals surface area contributed by atoms with E-state index in [9.17, 15) is 29.1 Å². The van der Waals surface area contributed by atoms with Gasteiger partial charge in [0.1, 0.15) is 22.8 Å². The molecule has 4 heterocycles. The van der Waals surface area contributed by atoms with Crippen molar-refractivity contribution in [3.05, 3.63) is 0 Å². The molecule has 220 valence electrons. The van der Waals surface area contributed by atoms with Gasteiger partial charge >= 0.3 is 70.4 Å². The zero-order chi connectivity index (χ0) is 29.4. The molecule has 4 saturated heterocycles. The van der Waals surface area contributed by atoms with Gasteiger partial charge in [0.25, 0.3) is 0 Å². The molecule has 4 fully saturated rings. The third-order valence-corrected chi connectivity index (χ3v) is 7.60. The molecule has 12 nitrogen and oxygen atoms in total. The van der Waals surface area contributed by atoms with Crippen LogP contribution >= 0.6 is 0 Å². The molecule has 0 aromatic carbocycles. The molecule has 40 heavy (non-hydrogen) atoms. The Kier molecular flexibility index (Phi) is 12.0. The molecular formula is C27H43N4O8Rb. The molecule has 2 amide bonds. The van der Waals surface area contributed by atoms with E-state index < -0.39 is 35.2 Å². The molecule has 0 aromatic rings. The Labute approximate surface area is 285 Å². The minimum atomic E-state index is -1.37. The number of ether oxygens (including phenoxy) is 2. The molecule has 0 spiro atoms. The van der Waals surface area contributed by atoms with Crippen LogP contribution in [0.1, 0.15) is 60.8 Å². The fourth-order valence-electron chi connectivity index (χ4n) is 5.61. The van der Waals surface area contributed by atoms with Crippen LogP contribution in [0.15, 0.2) is 0 Å². The summed E-state index contributed by atoms with van der Waals surface area (Å²) < 4.78 is 10.7. The zero-order valence-corrected chi connectivity index (χ0v) is 30.3. The fraction of sp³-hybridized carbons (Fsp3) is 0.815. The molecule has 0 aliphatic carbocycles. The van der Waals surface area contributed by atoms with Gasteiger partial charge in [0.2, 0.25) is 0 Å². The number of aliphatic carboxylic acids is 1. The number of carbonyl (C=O) groups excluding carboxylic acids is 5. The standard InChI is InChI=1S/C14H22N2O5.C13H22N2O3.Rb/c1-14(2,3)21-13(20)16-6-8-5-10(17)11(12(18)19)9(7-16)15(8)4;1-13(2,3)18-12(17)15-7-9-5-11(16)6-10(8-15)14(9)4;/h8-9,11H,5-7H2,1-4H3,(H,18,19);9-10H,5-8H2,1-4H3;/q;;+1/p-1. The van der Waals surface area contributed by atoms with Crippen molar-refractivity contribution in [3.63, 3.8) is 0 Å². The van der Waals surface area contributed by atoms with Crippen molar-refractivity contribution in [1.29, 1.82) is 0 Å². The summed E-state index contributed by atoms with van der Waals surface area (Å²) in [5.41, 5.74) is -1.08. The summed E-state index contributed by atoms with van der Waals surface area (Å²) in [6.07, 6.45) is 0.473. The molecule has 4 rings (SSSR count). The molecular weight excluding hydrogens is 594 g/mol. The van der Waals surface area contributed by atoms with E-state index in [-0.39, 0.29) is 101 Å². The van der Waals surface area contributed by atoms with Gasteiger partial charge < -0.3 is 29.2 Å². The number of ketones is 2. The summed E-state index contributed by atoms with van der Waals surface area (Å²) in [6, 6.07) is -0.420. The summed E-state index contributed by atoms with van der Waals surface area (Å²) >= 11 is 0. The Morgan fingerprint density at radius 3 is 1.52 bits per heavy atom. The summed E-state index contributed by atoms with van der Waals surface area (Å²) in [7, 11) is 3.82. The van der Waals surface area contributed by atoms with Crippen LogP contribution in [-0.4, -0.2) is 125 Å². The van der Waals surface area contributed by atoms with Gasteiger partial charge in [0.15, 0.2) is 0 Å². The van der Waals surface area contributed by atoms with Gasteiger partial charge in [-0.1, -0.05) is 0 Å². The van der Waals surface area contributed by atoms with Gasteiger partial charge in [0.05, 0.1) is 11.9 Å². The number of hydrogen-bond donors (Lipinski definition) is 0. The number of nitrogens with zero attached hydrogens (tertiary/aromatic N) is 4. The monoisotopic (exact) mass is 636 g/mol. The minimum absolute atomic E-state index is 0. The predicted octanol–water partition coefficient (Wildman–Crippen LogP) is -2.48. The van der Waals surface area contributed by atoms with Crippen LogP contribution in [-0.2, 0) is 23.9 Å². The number of amides is 2. The van der Waals surface area contributed by atoms with E-state index in [4.69, 9.17) is 9.47 Å². The summed E-state index contributed by atoms with van der Waals surface area (Å²) in [4.78, 5) is 66.2. The second-order valence-electron chi connectivity index (χ2n) is 13.0. The van der Waals surface area contributed by atoms with Crippen LogP contribution < -0.4 is 63.3 Å².